The Hall–Kier alpha value is -1.34. The molecule has 1 atom stereocenters. The molecule has 0 bridgehead atoms. The number of rotatable bonds is 4. The molecule has 1 fully saturated rings. The van der Waals surface area contributed by atoms with E-state index in [1.165, 1.54) is 0 Å². The van der Waals surface area contributed by atoms with E-state index in [-0.39, 0.29) is 17.5 Å². The maximum absolute atomic E-state index is 11.5. The molecule has 116 valence electrons. The maximum Gasteiger partial charge on any atom is 0.173 e. The Morgan fingerprint density at radius 1 is 1.43 bits per heavy atom. The van der Waals surface area contributed by atoms with Crippen molar-refractivity contribution in [2.45, 2.75) is 19.4 Å². The molecule has 1 aromatic carbocycles. The van der Waals surface area contributed by atoms with Gasteiger partial charge in [-0.15, -0.1) is 0 Å². The fraction of sp³-hybridized carbons (Fsp3) is 0.500. The average Bonchev–Trinajstić information content (AvgIpc) is 2.80. The van der Waals surface area contributed by atoms with Crippen molar-refractivity contribution in [1.29, 1.82) is 0 Å². The molecule has 1 aliphatic heterocycles. The minimum absolute atomic E-state index is 0.0438. The third-order valence-corrected chi connectivity index (χ3v) is 5.63. The van der Waals surface area contributed by atoms with Gasteiger partial charge >= 0.3 is 0 Å². The van der Waals surface area contributed by atoms with Crippen molar-refractivity contribution in [3.8, 4) is 5.75 Å². The summed E-state index contributed by atoms with van der Waals surface area (Å²) in [4.78, 5) is 1.83. The second kappa shape index (κ2) is 6.62. The molecule has 1 aliphatic rings. The van der Waals surface area contributed by atoms with Gasteiger partial charge in [0.1, 0.15) is 5.75 Å². The topological polar surface area (TPSA) is 58.6 Å². The van der Waals surface area contributed by atoms with Crippen LogP contribution in [-0.4, -0.2) is 49.6 Å². The summed E-state index contributed by atoms with van der Waals surface area (Å²) in [5.74, 6) is 1.23. The quantitative estimate of drug-likeness (QED) is 0.852. The zero-order chi connectivity index (χ0) is 15.5. The Labute approximate surface area is 131 Å². The zero-order valence-corrected chi connectivity index (χ0v) is 13.8. The number of hydrogen-bond acceptors (Lipinski definition) is 4. The Morgan fingerprint density at radius 3 is 2.62 bits per heavy atom. The lowest BCUT2D eigenvalue weighted by Gasteiger charge is -2.26. The minimum atomic E-state index is -2.90. The summed E-state index contributed by atoms with van der Waals surface area (Å²) < 4.78 is 28.4. The molecule has 0 aromatic heterocycles. The molecule has 0 aliphatic carbocycles. The van der Waals surface area contributed by atoms with E-state index >= 15 is 0 Å². The van der Waals surface area contributed by atoms with Gasteiger partial charge in [0.2, 0.25) is 0 Å². The first-order valence-corrected chi connectivity index (χ1v) is 9.11. The van der Waals surface area contributed by atoms with E-state index in [2.05, 4.69) is 5.32 Å². The van der Waals surface area contributed by atoms with Gasteiger partial charge in [0.05, 0.1) is 18.1 Å². The summed E-state index contributed by atoms with van der Waals surface area (Å²) >= 11 is 5.34. The molecule has 0 radical (unpaired) electrons. The van der Waals surface area contributed by atoms with Crippen LogP contribution in [0.2, 0.25) is 0 Å². The predicted molar refractivity (Wildman–Crippen MR) is 88.7 cm³/mol. The highest BCUT2D eigenvalue weighted by Gasteiger charge is 2.31. The van der Waals surface area contributed by atoms with Crippen LogP contribution in [0.15, 0.2) is 24.3 Å². The third kappa shape index (κ3) is 4.31. The molecule has 1 aromatic rings. The van der Waals surface area contributed by atoms with Crippen LogP contribution in [0.3, 0.4) is 0 Å². The van der Waals surface area contributed by atoms with Gasteiger partial charge in [0, 0.05) is 18.8 Å². The van der Waals surface area contributed by atoms with Gasteiger partial charge in [-0.3, -0.25) is 0 Å². The molecule has 0 amide bonds. The highest BCUT2D eigenvalue weighted by atomic mass is 32.2. The summed E-state index contributed by atoms with van der Waals surface area (Å²) in [5, 5.41) is 3.65. The molecule has 0 unspecified atom stereocenters. The smallest absolute Gasteiger partial charge is 0.173 e. The van der Waals surface area contributed by atoms with Crippen LogP contribution in [0, 0.1) is 0 Å². The Morgan fingerprint density at radius 2 is 2.10 bits per heavy atom. The highest BCUT2D eigenvalue weighted by molar-refractivity contribution is 7.91. The molecule has 1 N–H and O–H groups in total. The number of nitrogens with one attached hydrogen (secondary N) is 1. The van der Waals surface area contributed by atoms with Crippen molar-refractivity contribution < 1.29 is 13.2 Å². The van der Waals surface area contributed by atoms with E-state index in [1.807, 2.05) is 43.1 Å². The van der Waals surface area contributed by atoms with E-state index in [0.717, 1.165) is 11.4 Å². The van der Waals surface area contributed by atoms with Gasteiger partial charge < -0.3 is 15.0 Å². The van der Waals surface area contributed by atoms with Crippen molar-refractivity contribution in [2.24, 2.45) is 0 Å². The predicted octanol–water partition coefficient (Wildman–Crippen LogP) is 1.90. The lowest BCUT2D eigenvalue weighted by atomic mass is 10.2. The van der Waals surface area contributed by atoms with Crippen molar-refractivity contribution >= 4 is 32.9 Å². The summed E-state index contributed by atoms with van der Waals surface area (Å²) in [6.45, 7) is 2.57. The number of ether oxygens (including phenoxy) is 1. The van der Waals surface area contributed by atoms with Gasteiger partial charge in [0.25, 0.3) is 0 Å². The minimum Gasteiger partial charge on any atom is -0.494 e. The van der Waals surface area contributed by atoms with E-state index in [9.17, 15) is 8.42 Å². The maximum atomic E-state index is 11.5. The fourth-order valence-electron chi connectivity index (χ4n) is 2.26. The van der Waals surface area contributed by atoms with Crippen molar-refractivity contribution in [2.75, 3.05) is 30.5 Å². The lowest BCUT2D eigenvalue weighted by molar-refractivity contribution is 0.340. The molecule has 1 saturated heterocycles. The number of anilines is 1. The molecule has 2 rings (SSSR count). The summed E-state index contributed by atoms with van der Waals surface area (Å²) in [5.41, 5.74) is 0.858. The first-order valence-electron chi connectivity index (χ1n) is 6.88. The van der Waals surface area contributed by atoms with Gasteiger partial charge in [-0.2, -0.15) is 0 Å². The van der Waals surface area contributed by atoms with Gasteiger partial charge in [-0.25, -0.2) is 8.42 Å². The summed E-state index contributed by atoms with van der Waals surface area (Å²) in [6.07, 6.45) is 0.629. The standard InChI is InChI=1S/C14H20N2O3S2/c1-3-19-13-6-4-11(5-7-13)15-14(20)16(2)12-8-9-21(17,18)10-12/h4-7,12H,3,8-10H2,1-2H3,(H,15,20)/t12-/m1/s1. The number of benzene rings is 1. The van der Waals surface area contributed by atoms with Crippen molar-refractivity contribution in [3.63, 3.8) is 0 Å². The Kier molecular flexibility index (Phi) is 5.05. The van der Waals surface area contributed by atoms with Gasteiger partial charge in [-0.05, 0) is 49.8 Å². The van der Waals surface area contributed by atoms with E-state index in [1.54, 1.807) is 0 Å². The van der Waals surface area contributed by atoms with Crippen LogP contribution < -0.4 is 10.1 Å². The van der Waals surface area contributed by atoms with Gasteiger partial charge in [-0.1, -0.05) is 0 Å². The fourth-order valence-corrected chi connectivity index (χ4v) is 4.30. The number of nitrogens with zero attached hydrogens (tertiary/aromatic N) is 1. The molecule has 7 heteroatoms. The van der Waals surface area contributed by atoms with E-state index in [4.69, 9.17) is 17.0 Å². The molecule has 5 nitrogen and oxygen atoms in total. The van der Waals surface area contributed by atoms with Crippen LogP contribution in [-0.2, 0) is 9.84 Å². The van der Waals surface area contributed by atoms with Crippen molar-refractivity contribution in [3.05, 3.63) is 24.3 Å². The summed E-state index contributed by atoms with van der Waals surface area (Å²) in [6, 6.07) is 7.47. The first-order chi connectivity index (χ1) is 9.91. The molecule has 21 heavy (non-hydrogen) atoms. The number of thiocarbonyl (C=S) groups is 1. The average molecular weight is 328 g/mol. The van der Waals surface area contributed by atoms with Crippen molar-refractivity contribution in [1.82, 2.24) is 4.90 Å². The Balaban J connectivity index is 1.94. The SMILES string of the molecule is CCOc1ccc(NC(=S)N(C)[C@@H]2CCS(=O)(=O)C2)cc1. The summed E-state index contributed by atoms with van der Waals surface area (Å²) in [7, 11) is -1.08. The molecule has 0 saturated carbocycles. The highest BCUT2D eigenvalue weighted by Crippen LogP contribution is 2.19. The Bertz CT molecular complexity index is 599. The number of sulfone groups is 1. The largest absolute Gasteiger partial charge is 0.494 e. The van der Waals surface area contributed by atoms with Crippen LogP contribution in [0.5, 0.6) is 5.75 Å². The molecule has 1 heterocycles. The second-order valence-corrected chi connectivity index (χ2v) is 7.67. The normalized spacial score (nSPS) is 20.0. The lowest BCUT2D eigenvalue weighted by Crippen LogP contribution is -2.40. The molecule has 0 spiro atoms. The van der Waals surface area contributed by atoms with Crippen LogP contribution >= 0.6 is 12.2 Å². The number of hydrogen-bond donors (Lipinski definition) is 1. The first kappa shape index (κ1) is 16.0. The third-order valence-electron chi connectivity index (χ3n) is 3.49. The monoisotopic (exact) mass is 328 g/mol. The molecular formula is C14H20N2O3S2. The second-order valence-electron chi connectivity index (χ2n) is 5.06. The zero-order valence-electron chi connectivity index (χ0n) is 12.2. The van der Waals surface area contributed by atoms with E-state index < -0.39 is 9.84 Å². The molecular weight excluding hydrogens is 308 g/mol. The van der Waals surface area contributed by atoms with E-state index in [0.29, 0.717) is 18.1 Å². The van der Waals surface area contributed by atoms with Crippen LogP contribution in [0.4, 0.5) is 5.69 Å². The van der Waals surface area contributed by atoms with Gasteiger partial charge in [0.15, 0.2) is 14.9 Å². The van der Waals surface area contributed by atoms with Crippen LogP contribution in [0.25, 0.3) is 0 Å². The van der Waals surface area contributed by atoms with Crippen LogP contribution in [0.1, 0.15) is 13.3 Å².